The quantitative estimate of drug-likeness (QED) is 0.660. The Morgan fingerprint density at radius 2 is 2.06 bits per heavy atom. The molecule has 0 fully saturated rings. The van der Waals surface area contributed by atoms with Crippen LogP contribution in [0.4, 0.5) is 0 Å². The molecular weight excluding hydrogens is 325 g/mol. The summed E-state index contributed by atoms with van der Waals surface area (Å²) in [5.74, 6) is -1.12. The standard InChI is InChI=1S/C11H13BrClNO4/c1-4-5-8(12)6(10(15)16)7(9(13)14-5)11(17-2)18-3/h11H,4H2,1-3H3,(H,15,16). The average Bonchev–Trinajstić information content (AvgIpc) is 2.33. The van der Waals surface area contributed by atoms with E-state index in [1.54, 1.807) is 0 Å². The lowest BCUT2D eigenvalue weighted by molar-refractivity contribution is -0.106. The summed E-state index contributed by atoms with van der Waals surface area (Å²) in [6, 6.07) is 0. The summed E-state index contributed by atoms with van der Waals surface area (Å²) < 4.78 is 10.5. The number of methoxy groups -OCH3 is 2. The van der Waals surface area contributed by atoms with E-state index in [1.165, 1.54) is 14.2 Å². The van der Waals surface area contributed by atoms with Gasteiger partial charge in [-0.25, -0.2) is 9.78 Å². The van der Waals surface area contributed by atoms with Crippen LogP contribution in [0.15, 0.2) is 4.47 Å². The second-order valence-corrected chi connectivity index (χ2v) is 4.57. The van der Waals surface area contributed by atoms with Crippen LogP contribution in [-0.4, -0.2) is 30.3 Å². The smallest absolute Gasteiger partial charge is 0.337 e. The number of carboxylic acid groups (broad SMARTS) is 1. The third-order valence-electron chi connectivity index (χ3n) is 2.41. The zero-order valence-electron chi connectivity index (χ0n) is 10.2. The van der Waals surface area contributed by atoms with Crippen molar-refractivity contribution in [1.82, 2.24) is 4.98 Å². The molecule has 1 N–H and O–H groups in total. The average molecular weight is 339 g/mol. The zero-order chi connectivity index (χ0) is 13.9. The fraction of sp³-hybridized carbons (Fsp3) is 0.455. The van der Waals surface area contributed by atoms with E-state index in [0.717, 1.165) is 0 Å². The zero-order valence-corrected chi connectivity index (χ0v) is 12.5. The first-order valence-corrected chi connectivity index (χ1v) is 6.31. The molecule has 0 unspecified atom stereocenters. The van der Waals surface area contributed by atoms with Gasteiger partial charge in [0.2, 0.25) is 0 Å². The Bertz CT molecular complexity index is 463. The predicted molar refractivity (Wildman–Crippen MR) is 70.0 cm³/mol. The van der Waals surface area contributed by atoms with Crippen LogP contribution >= 0.6 is 27.5 Å². The molecule has 5 nitrogen and oxygen atoms in total. The maximum atomic E-state index is 11.4. The molecule has 100 valence electrons. The van der Waals surface area contributed by atoms with Gasteiger partial charge in [-0.3, -0.25) is 0 Å². The number of hydrogen-bond donors (Lipinski definition) is 1. The molecule has 18 heavy (non-hydrogen) atoms. The fourth-order valence-corrected chi connectivity index (χ4v) is 2.62. The predicted octanol–water partition coefficient (Wildman–Crippen LogP) is 3.05. The van der Waals surface area contributed by atoms with Crippen molar-refractivity contribution in [3.8, 4) is 0 Å². The van der Waals surface area contributed by atoms with E-state index in [4.69, 9.17) is 21.1 Å². The Morgan fingerprint density at radius 1 is 1.50 bits per heavy atom. The molecule has 1 aromatic rings. The van der Waals surface area contributed by atoms with Crippen LogP contribution in [0.25, 0.3) is 0 Å². The minimum Gasteiger partial charge on any atom is -0.478 e. The van der Waals surface area contributed by atoms with Gasteiger partial charge in [-0.15, -0.1) is 0 Å². The Balaban J connectivity index is 3.58. The molecule has 1 aromatic heterocycles. The highest BCUT2D eigenvalue weighted by Gasteiger charge is 2.27. The number of ether oxygens (including phenoxy) is 2. The second-order valence-electron chi connectivity index (χ2n) is 3.41. The summed E-state index contributed by atoms with van der Waals surface area (Å²) in [6.45, 7) is 1.86. The molecule has 7 heteroatoms. The number of hydrogen-bond acceptors (Lipinski definition) is 4. The van der Waals surface area contributed by atoms with Crippen molar-refractivity contribution >= 4 is 33.5 Å². The molecular formula is C11H13BrClNO4. The summed E-state index contributed by atoms with van der Waals surface area (Å²) in [5, 5.41) is 9.37. The normalized spacial score (nSPS) is 11.0. The van der Waals surface area contributed by atoms with Gasteiger partial charge in [0.25, 0.3) is 0 Å². The van der Waals surface area contributed by atoms with Crippen LogP contribution in [0.2, 0.25) is 5.15 Å². The molecule has 0 saturated heterocycles. The highest BCUT2D eigenvalue weighted by Crippen LogP contribution is 2.34. The topological polar surface area (TPSA) is 68.7 Å². The molecule has 0 aliphatic rings. The SMILES string of the molecule is CCc1nc(Cl)c(C(OC)OC)c(C(=O)O)c1Br. The van der Waals surface area contributed by atoms with Gasteiger partial charge in [-0.1, -0.05) is 18.5 Å². The van der Waals surface area contributed by atoms with Crippen molar-refractivity contribution in [2.75, 3.05) is 14.2 Å². The van der Waals surface area contributed by atoms with Gasteiger partial charge in [0.05, 0.1) is 21.3 Å². The van der Waals surface area contributed by atoms with Gasteiger partial charge in [0, 0.05) is 14.2 Å². The van der Waals surface area contributed by atoms with E-state index >= 15 is 0 Å². The molecule has 0 radical (unpaired) electrons. The maximum Gasteiger partial charge on any atom is 0.337 e. The first-order valence-electron chi connectivity index (χ1n) is 5.14. The van der Waals surface area contributed by atoms with Gasteiger partial charge in [0.1, 0.15) is 5.15 Å². The Hall–Kier alpha value is -0.690. The number of nitrogens with zero attached hydrogens (tertiary/aromatic N) is 1. The van der Waals surface area contributed by atoms with Gasteiger partial charge < -0.3 is 14.6 Å². The Morgan fingerprint density at radius 3 is 2.44 bits per heavy atom. The molecule has 0 spiro atoms. The van der Waals surface area contributed by atoms with E-state index in [2.05, 4.69) is 20.9 Å². The fourth-order valence-electron chi connectivity index (χ4n) is 1.58. The first-order chi connectivity index (χ1) is 8.47. The van der Waals surface area contributed by atoms with E-state index in [0.29, 0.717) is 16.6 Å². The van der Waals surface area contributed by atoms with E-state index in [-0.39, 0.29) is 16.3 Å². The van der Waals surface area contributed by atoms with Crippen molar-refractivity contribution in [2.24, 2.45) is 0 Å². The lowest BCUT2D eigenvalue weighted by Crippen LogP contribution is -2.15. The monoisotopic (exact) mass is 337 g/mol. The van der Waals surface area contributed by atoms with Crippen molar-refractivity contribution in [3.05, 3.63) is 26.4 Å². The molecule has 0 bridgehead atoms. The summed E-state index contributed by atoms with van der Waals surface area (Å²) >= 11 is 9.27. The number of carboxylic acids is 1. The molecule has 0 aliphatic carbocycles. The third-order valence-corrected chi connectivity index (χ3v) is 3.55. The minimum absolute atomic E-state index is 0.0144. The van der Waals surface area contributed by atoms with Crippen LogP contribution in [0, 0.1) is 0 Å². The summed E-state index contributed by atoms with van der Waals surface area (Å²) in [6.07, 6.45) is -0.316. The van der Waals surface area contributed by atoms with Crippen molar-refractivity contribution in [1.29, 1.82) is 0 Å². The third kappa shape index (κ3) is 2.83. The van der Waals surface area contributed by atoms with E-state index in [1.807, 2.05) is 6.92 Å². The van der Waals surface area contributed by atoms with Crippen molar-refractivity contribution in [3.63, 3.8) is 0 Å². The number of aryl methyl sites for hydroxylation is 1. The molecule has 0 amide bonds. The Labute approximate surface area is 118 Å². The van der Waals surface area contributed by atoms with E-state index in [9.17, 15) is 9.90 Å². The van der Waals surface area contributed by atoms with Gasteiger partial charge in [0.15, 0.2) is 6.29 Å². The number of carbonyl (C=O) groups is 1. The number of halogens is 2. The van der Waals surface area contributed by atoms with Gasteiger partial charge in [-0.2, -0.15) is 0 Å². The van der Waals surface area contributed by atoms with Crippen LogP contribution < -0.4 is 0 Å². The summed E-state index contributed by atoms with van der Waals surface area (Å²) in [7, 11) is 2.80. The highest BCUT2D eigenvalue weighted by atomic mass is 79.9. The van der Waals surface area contributed by atoms with Gasteiger partial charge >= 0.3 is 5.97 Å². The van der Waals surface area contributed by atoms with Crippen LogP contribution in [0.3, 0.4) is 0 Å². The molecule has 0 aliphatic heterocycles. The number of aromatic nitrogens is 1. The molecule has 0 saturated carbocycles. The molecule has 0 aromatic carbocycles. The van der Waals surface area contributed by atoms with Crippen molar-refractivity contribution < 1.29 is 19.4 Å². The van der Waals surface area contributed by atoms with Crippen LogP contribution in [0.1, 0.15) is 34.8 Å². The van der Waals surface area contributed by atoms with Crippen LogP contribution in [0.5, 0.6) is 0 Å². The summed E-state index contributed by atoms with van der Waals surface area (Å²) in [4.78, 5) is 15.5. The minimum atomic E-state index is -1.12. The lowest BCUT2D eigenvalue weighted by atomic mass is 10.1. The van der Waals surface area contributed by atoms with Crippen molar-refractivity contribution in [2.45, 2.75) is 19.6 Å². The number of rotatable bonds is 5. The number of pyridine rings is 1. The Kier molecular flexibility index (Phi) is 5.52. The first kappa shape index (κ1) is 15.4. The summed E-state index contributed by atoms with van der Waals surface area (Å²) in [5.41, 5.74) is 0.797. The lowest BCUT2D eigenvalue weighted by Gasteiger charge is -2.19. The van der Waals surface area contributed by atoms with Gasteiger partial charge in [-0.05, 0) is 22.4 Å². The number of aromatic carboxylic acids is 1. The second kappa shape index (κ2) is 6.47. The maximum absolute atomic E-state index is 11.4. The largest absolute Gasteiger partial charge is 0.478 e. The van der Waals surface area contributed by atoms with Crippen LogP contribution in [-0.2, 0) is 15.9 Å². The molecule has 1 rings (SSSR count). The molecule has 0 atom stereocenters. The van der Waals surface area contributed by atoms with E-state index < -0.39 is 12.3 Å². The highest BCUT2D eigenvalue weighted by molar-refractivity contribution is 9.10. The molecule has 1 heterocycles.